The monoisotopic (exact) mass is 496 g/mol. The minimum atomic E-state index is -0.502. The highest BCUT2D eigenvalue weighted by molar-refractivity contribution is 5.97. The predicted molar refractivity (Wildman–Crippen MR) is 135 cm³/mol. The second-order valence-corrected chi connectivity index (χ2v) is 9.07. The molecular weight excluding hydrogens is 463 g/mol. The molecule has 0 spiro atoms. The van der Waals surface area contributed by atoms with E-state index >= 15 is 0 Å². The molecule has 192 valence electrons. The van der Waals surface area contributed by atoms with Gasteiger partial charge < -0.3 is 25.0 Å². The maximum atomic E-state index is 13.5. The molecule has 9 heteroatoms. The van der Waals surface area contributed by atoms with Crippen molar-refractivity contribution in [1.82, 2.24) is 14.8 Å². The number of rotatable bonds is 6. The maximum Gasteiger partial charge on any atom is 0.321 e. The van der Waals surface area contributed by atoms with Gasteiger partial charge in [-0.3, -0.25) is 4.79 Å². The number of carbonyl (C=O) groups is 2. The average molecular weight is 497 g/mol. The lowest BCUT2D eigenvalue weighted by molar-refractivity contribution is 0.0356. The summed E-state index contributed by atoms with van der Waals surface area (Å²) in [5.41, 5.74) is 1.21. The van der Waals surface area contributed by atoms with Crippen LogP contribution in [0.25, 0.3) is 0 Å². The number of hydrogen-bond donors (Lipinski definition) is 2. The van der Waals surface area contributed by atoms with Gasteiger partial charge in [0, 0.05) is 43.4 Å². The van der Waals surface area contributed by atoms with Crippen LogP contribution >= 0.6 is 0 Å². The molecule has 1 aliphatic rings. The van der Waals surface area contributed by atoms with Gasteiger partial charge in [-0.25, -0.2) is 14.2 Å². The van der Waals surface area contributed by atoms with Crippen molar-refractivity contribution >= 4 is 17.6 Å². The molecule has 8 nitrogen and oxygen atoms in total. The molecule has 36 heavy (non-hydrogen) atoms. The third kappa shape index (κ3) is 6.73. The van der Waals surface area contributed by atoms with E-state index in [9.17, 15) is 19.1 Å². The summed E-state index contributed by atoms with van der Waals surface area (Å²) < 4.78 is 19.7. The average Bonchev–Trinajstić information content (AvgIpc) is 2.86. The van der Waals surface area contributed by atoms with Crippen LogP contribution in [0.4, 0.5) is 14.9 Å². The van der Waals surface area contributed by atoms with Crippen molar-refractivity contribution in [2.24, 2.45) is 5.92 Å². The minimum absolute atomic E-state index is 0.159. The number of pyridine rings is 1. The molecule has 3 rings (SSSR count). The van der Waals surface area contributed by atoms with E-state index in [1.165, 1.54) is 23.1 Å². The van der Waals surface area contributed by atoms with Gasteiger partial charge in [0.25, 0.3) is 5.91 Å². The lowest BCUT2D eigenvalue weighted by Gasteiger charge is -2.37. The van der Waals surface area contributed by atoms with Gasteiger partial charge in [-0.05, 0) is 37.6 Å². The summed E-state index contributed by atoms with van der Waals surface area (Å²) >= 11 is 0. The number of halogens is 1. The minimum Gasteiger partial charge on any atom is -0.472 e. The number of unbranched alkanes of at least 4 members (excludes halogenated alkanes) is 1. The summed E-state index contributed by atoms with van der Waals surface area (Å²) in [6, 6.07) is 6.47. The third-order valence-electron chi connectivity index (χ3n) is 6.01. The van der Waals surface area contributed by atoms with Gasteiger partial charge in [0.05, 0.1) is 19.2 Å². The topological polar surface area (TPSA) is 95.0 Å². The predicted octanol–water partition coefficient (Wildman–Crippen LogP) is 3.76. The van der Waals surface area contributed by atoms with Crippen molar-refractivity contribution in [3.05, 3.63) is 53.5 Å². The van der Waals surface area contributed by atoms with E-state index in [1.54, 1.807) is 37.2 Å². The Morgan fingerprint density at radius 2 is 2.19 bits per heavy atom. The van der Waals surface area contributed by atoms with E-state index in [0.29, 0.717) is 17.8 Å². The Balaban J connectivity index is 1.87. The lowest BCUT2D eigenvalue weighted by atomic mass is 10.00. The Hall–Kier alpha value is -3.64. The van der Waals surface area contributed by atoms with Crippen LogP contribution < -0.4 is 10.1 Å². The number of aliphatic hydroxyl groups is 1. The summed E-state index contributed by atoms with van der Waals surface area (Å²) in [5.74, 6) is 5.31. The van der Waals surface area contributed by atoms with Crippen molar-refractivity contribution in [3.8, 4) is 17.7 Å². The number of urea groups is 1. The van der Waals surface area contributed by atoms with Crippen LogP contribution in [-0.2, 0) is 0 Å². The first-order valence-electron chi connectivity index (χ1n) is 12.1. The quantitative estimate of drug-likeness (QED) is 0.594. The number of fused-ring (bicyclic) bond motifs is 1. The molecule has 0 fully saturated rings. The van der Waals surface area contributed by atoms with Gasteiger partial charge >= 0.3 is 6.03 Å². The van der Waals surface area contributed by atoms with Crippen LogP contribution in [0.3, 0.4) is 0 Å². The summed E-state index contributed by atoms with van der Waals surface area (Å²) in [5, 5.41) is 12.5. The highest BCUT2D eigenvalue weighted by Crippen LogP contribution is 2.27. The second kappa shape index (κ2) is 12.4. The zero-order chi connectivity index (χ0) is 26.2. The number of ether oxygens (including phenoxy) is 1. The molecule has 0 bridgehead atoms. The maximum absolute atomic E-state index is 13.5. The Morgan fingerprint density at radius 3 is 2.89 bits per heavy atom. The number of amides is 3. The molecule has 2 aromatic rings. The van der Waals surface area contributed by atoms with Gasteiger partial charge in [-0.1, -0.05) is 31.8 Å². The molecule has 0 aliphatic carbocycles. The highest BCUT2D eigenvalue weighted by atomic mass is 19.1. The van der Waals surface area contributed by atoms with Crippen molar-refractivity contribution in [3.63, 3.8) is 0 Å². The number of nitrogens with one attached hydrogen (secondary N) is 1. The van der Waals surface area contributed by atoms with Crippen molar-refractivity contribution in [1.29, 1.82) is 0 Å². The molecule has 3 amide bonds. The molecule has 2 N–H and O–H groups in total. The fraction of sp³-hybridized carbons (Fsp3) is 0.444. The lowest BCUT2D eigenvalue weighted by Crippen LogP contribution is -2.50. The largest absolute Gasteiger partial charge is 0.472 e. The normalized spacial score (nSPS) is 18.1. The summed E-state index contributed by atoms with van der Waals surface area (Å²) in [7, 11) is 1.61. The number of aromatic nitrogens is 1. The van der Waals surface area contributed by atoms with Crippen LogP contribution in [0, 0.1) is 23.6 Å². The van der Waals surface area contributed by atoms with Crippen LogP contribution in [-0.4, -0.2) is 70.7 Å². The number of carbonyl (C=O) groups excluding carboxylic acids is 2. The molecule has 1 aliphatic heterocycles. The van der Waals surface area contributed by atoms with Crippen molar-refractivity contribution in [2.75, 3.05) is 32.1 Å². The molecule has 0 unspecified atom stereocenters. The van der Waals surface area contributed by atoms with E-state index < -0.39 is 24.0 Å². The van der Waals surface area contributed by atoms with Gasteiger partial charge in [0.15, 0.2) is 0 Å². The van der Waals surface area contributed by atoms with E-state index in [1.807, 2.05) is 13.8 Å². The third-order valence-corrected chi connectivity index (χ3v) is 6.01. The number of benzene rings is 1. The molecule has 3 atom stereocenters. The molecule has 2 heterocycles. The van der Waals surface area contributed by atoms with Crippen LogP contribution in [0.1, 0.15) is 49.5 Å². The molecular formula is C27H33FN4O4. The second-order valence-electron chi connectivity index (χ2n) is 9.07. The van der Waals surface area contributed by atoms with E-state index in [4.69, 9.17) is 4.74 Å². The summed E-state index contributed by atoms with van der Waals surface area (Å²) in [6.45, 7) is 6.04. The Morgan fingerprint density at radius 1 is 1.42 bits per heavy atom. The Bertz CT molecular complexity index is 1150. The number of aliphatic hydroxyl groups excluding tert-OH is 1. The van der Waals surface area contributed by atoms with Crippen LogP contribution in [0.15, 0.2) is 36.5 Å². The molecule has 1 aromatic carbocycles. The van der Waals surface area contributed by atoms with Gasteiger partial charge in [-0.15, -0.1) is 0 Å². The number of likely N-dealkylation sites (N-methyl/N-ethyl adjacent to an activating group) is 1. The zero-order valence-electron chi connectivity index (χ0n) is 21.1. The van der Waals surface area contributed by atoms with E-state index in [0.717, 1.165) is 12.8 Å². The standard InChI is InChI=1S/C27H33FN4O4/c1-5-6-7-9-20-12-23-25(29-14-20)36-24(18(2)15-32(26(23)34)19(3)17-33)16-31(4)27(35)30-22-11-8-10-21(28)13-22/h8,10-14,18-19,24,33H,5-6,15-17H2,1-4H3,(H,30,35)/t18-,19-,24+/m1/s1. The fourth-order valence-corrected chi connectivity index (χ4v) is 3.82. The molecule has 0 saturated carbocycles. The van der Waals surface area contributed by atoms with Crippen LogP contribution in [0.2, 0.25) is 0 Å². The SMILES string of the molecule is CCCC#Cc1cnc2c(c1)C(=O)N([C@H](C)CO)C[C@@H](C)[C@H](CN(C)C(=O)Nc1cccc(F)c1)O2. The van der Waals surface area contributed by atoms with Crippen molar-refractivity contribution < 1.29 is 23.8 Å². The summed E-state index contributed by atoms with van der Waals surface area (Å²) in [6.07, 6.45) is 2.73. The smallest absolute Gasteiger partial charge is 0.321 e. The van der Waals surface area contributed by atoms with E-state index in [-0.39, 0.29) is 36.4 Å². The van der Waals surface area contributed by atoms with E-state index in [2.05, 4.69) is 22.1 Å². The Labute approximate surface area is 211 Å². The van der Waals surface area contributed by atoms with Crippen molar-refractivity contribution in [2.45, 2.75) is 45.8 Å². The Kier molecular flexibility index (Phi) is 9.25. The highest BCUT2D eigenvalue weighted by Gasteiger charge is 2.34. The first-order chi connectivity index (χ1) is 17.2. The number of hydrogen-bond acceptors (Lipinski definition) is 5. The first kappa shape index (κ1) is 27.0. The van der Waals surface area contributed by atoms with Gasteiger partial charge in [0.1, 0.15) is 17.5 Å². The summed E-state index contributed by atoms with van der Waals surface area (Å²) in [4.78, 5) is 33.6. The number of anilines is 1. The number of nitrogens with zero attached hydrogens (tertiary/aromatic N) is 3. The molecule has 1 aromatic heterocycles. The van der Waals surface area contributed by atoms with Crippen LogP contribution in [0.5, 0.6) is 5.88 Å². The van der Waals surface area contributed by atoms with Gasteiger partial charge in [-0.2, -0.15) is 0 Å². The fourth-order valence-electron chi connectivity index (χ4n) is 3.82. The first-order valence-corrected chi connectivity index (χ1v) is 12.1. The molecule has 0 radical (unpaired) electrons. The molecule has 0 saturated heterocycles. The zero-order valence-corrected chi connectivity index (χ0v) is 21.1. The van der Waals surface area contributed by atoms with Gasteiger partial charge in [0.2, 0.25) is 5.88 Å².